The molecule has 2 saturated heterocycles. The van der Waals surface area contributed by atoms with E-state index in [1.807, 2.05) is 12.1 Å². The summed E-state index contributed by atoms with van der Waals surface area (Å²) in [5.74, 6) is -2.27. The van der Waals surface area contributed by atoms with Gasteiger partial charge in [0.25, 0.3) is 5.91 Å². The first kappa shape index (κ1) is 38.7. The SMILES string of the molecule is C=C(C)C(=O)NCCCNC(=O)c1ccc(B2OCCO2)cc1.O=C(O)c1ccc(B(O)O)cc1.O=C(O)c1ccc(B2OCCO2)cc1. The van der Waals surface area contributed by atoms with Gasteiger partial charge in [0.2, 0.25) is 5.91 Å². The van der Waals surface area contributed by atoms with Crippen molar-refractivity contribution in [3.63, 3.8) is 0 Å². The van der Waals surface area contributed by atoms with Gasteiger partial charge in [-0.2, -0.15) is 0 Å². The minimum Gasteiger partial charge on any atom is -0.478 e. The summed E-state index contributed by atoms with van der Waals surface area (Å²) in [5, 5.41) is 40.0. The Morgan fingerprint density at radius 3 is 1.45 bits per heavy atom. The van der Waals surface area contributed by atoms with Crippen LogP contribution in [0.1, 0.15) is 44.4 Å². The molecule has 2 aliphatic rings. The number of rotatable bonds is 11. The molecule has 2 amide bonds. The maximum atomic E-state index is 12.0. The van der Waals surface area contributed by atoms with Gasteiger partial charge in [0, 0.05) is 24.2 Å². The van der Waals surface area contributed by atoms with Crippen molar-refractivity contribution in [1.82, 2.24) is 10.6 Å². The predicted octanol–water partition coefficient (Wildman–Crippen LogP) is -0.568. The van der Waals surface area contributed by atoms with Crippen molar-refractivity contribution in [3.05, 3.63) is 102 Å². The number of hydrogen-bond acceptors (Lipinski definition) is 10. The summed E-state index contributed by atoms with van der Waals surface area (Å²) in [7, 11) is -2.21. The average Bonchev–Trinajstić information content (AvgIpc) is 3.85. The summed E-state index contributed by atoms with van der Waals surface area (Å²) < 4.78 is 21.3. The van der Waals surface area contributed by atoms with E-state index in [1.54, 1.807) is 43.3 Å². The van der Waals surface area contributed by atoms with Crippen LogP contribution in [0, 0.1) is 0 Å². The molecule has 5 rings (SSSR count). The van der Waals surface area contributed by atoms with E-state index >= 15 is 0 Å². The van der Waals surface area contributed by atoms with E-state index in [0.29, 0.717) is 57.1 Å². The highest BCUT2D eigenvalue weighted by atomic mass is 16.6. The van der Waals surface area contributed by atoms with E-state index in [0.717, 1.165) is 10.9 Å². The molecule has 49 heavy (non-hydrogen) atoms. The van der Waals surface area contributed by atoms with Crippen molar-refractivity contribution < 1.29 is 58.1 Å². The monoisotopic (exact) mass is 674 g/mol. The zero-order valence-corrected chi connectivity index (χ0v) is 26.9. The Morgan fingerprint density at radius 1 is 0.673 bits per heavy atom. The lowest BCUT2D eigenvalue weighted by Gasteiger charge is -2.08. The van der Waals surface area contributed by atoms with Crippen LogP contribution in [-0.4, -0.2) is 105 Å². The predicted molar refractivity (Wildman–Crippen MR) is 182 cm³/mol. The molecule has 3 aromatic carbocycles. The van der Waals surface area contributed by atoms with Gasteiger partial charge in [-0.3, -0.25) is 9.59 Å². The van der Waals surface area contributed by atoms with Crippen molar-refractivity contribution in [2.45, 2.75) is 13.3 Å². The van der Waals surface area contributed by atoms with E-state index in [-0.39, 0.29) is 42.6 Å². The van der Waals surface area contributed by atoms with Gasteiger partial charge >= 0.3 is 33.3 Å². The third kappa shape index (κ3) is 13.0. The van der Waals surface area contributed by atoms with Gasteiger partial charge in [0.1, 0.15) is 0 Å². The average molecular weight is 674 g/mol. The highest BCUT2D eigenvalue weighted by Gasteiger charge is 2.27. The van der Waals surface area contributed by atoms with E-state index in [1.165, 1.54) is 24.3 Å². The Morgan fingerprint density at radius 2 is 1.06 bits per heavy atom. The first-order valence-corrected chi connectivity index (χ1v) is 15.3. The largest absolute Gasteiger partial charge is 0.494 e. The smallest absolute Gasteiger partial charge is 0.478 e. The minimum atomic E-state index is -1.55. The Hall–Kier alpha value is -4.77. The summed E-state index contributed by atoms with van der Waals surface area (Å²) in [6.45, 7) is 8.57. The number of amides is 2. The van der Waals surface area contributed by atoms with Gasteiger partial charge in [0.05, 0.1) is 37.6 Å². The lowest BCUT2D eigenvalue weighted by atomic mass is 9.79. The fraction of sp³-hybridized carbons (Fsp3) is 0.250. The first-order chi connectivity index (χ1) is 23.5. The fourth-order valence-corrected chi connectivity index (χ4v) is 4.22. The minimum absolute atomic E-state index is 0.124. The Kier molecular flexibility index (Phi) is 15.7. The zero-order chi connectivity index (χ0) is 35.8. The summed E-state index contributed by atoms with van der Waals surface area (Å²) in [4.78, 5) is 44.2. The number of carbonyl (C=O) groups excluding carboxylic acids is 2. The quantitative estimate of drug-likeness (QED) is 0.0859. The van der Waals surface area contributed by atoms with Gasteiger partial charge in [-0.1, -0.05) is 43.0 Å². The Balaban J connectivity index is 0.000000214. The van der Waals surface area contributed by atoms with Crippen molar-refractivity contribution >= 4 is 61.5 Å². The summed E-state index contributed by atoms with van der Waals surface area (Å²) >= 11 is 0. The van der Waals surface area contributed by atoms with Crippen LogP contribution in [0.2, 0.25) is 0 Å². The van der Waals surface area contributed by atoms with Crippen LogP contribution in [0.5, 0.6) is 0 Å². The number of hydrogen-bond donors (Lipinski definition) is 6. The van der Waals surface area contributed by atoms with Crippen LogP contribution in [0.15, 0.2) is 84.9 Å². The summed E-state index contributed by atoms with van der Waals surface area (Å²) in [5.41, 5.74) is 3.49. The Labute approximate surface area is 284 Å². The highest BCUT2D eigenvalue weighted by Crippen LogP contribution is 2.04. The van der Waals surface area contributed by atoms with E-state index < -0.39 is 19.1 Å². The molecule has 0 atom stereocenters. The molecule has 0 radical (unpaired) electrons. The van der Waals surface area contributed by atoms with Crippen molar-refractivity contribution in [3.8, 4) is 0 Å². The maximum Gasteiger partial charge on any atom is 0.494 e. The van der Waals surface area contributed by atoms with Crippen LogP contribution in [0.4, 0.5) is 0 Å². The summed E-state index contributed by atoms with van der Waals surface area (Å²) in [6.07, 6.45) is 0.659. The topological polar surface area (TPSA) is 210 Å². The molecule has 2 aliphatic heterocycles. The molecule has 0 aromatic heterocycles. The van der Waals surface area contributed by atoms with Gasteiger partial charge in [-0.05, 0) is 66.1 Å². The Bertz CT molecular complexity index is 1540. The standard InChI is InChI=1S/C16H21BN2O4.C9H9BO4.C7H7BO4/c1-12(2)15(20)18-8-3-9-19-16(21)13-4-6-14(7-5-13)17-22-10-11-23-17;11-9(12)7-1-3-8(4-2-7)10-13-5-6-14-10;9-7(10)5-1-3-6(4-2-5)8(11)12/h4-7H,1,3,8-11H2,2H3,(H,18,20)(H,19,21);1-4H,5-6H2,(H,11,12);1-4,11-12H,(H,9,10). The molecule has 256 valence electrons. The van der Waals surface area contributed by atoms with Crippen LogP contribution < -0.4 is 27.0 Å². The first-order valence-electron chi connectivity index (χ1n) is 15.3. The fourth-order valence-electron chi connectivity index (χ4n) is 4.22. The molecule has 3 aromatic rings. The number of benzene rings is 3. The molecule has 0 unspecified atom stereocenters. The lowest BCUT2D eigenvalue weighted by Crippen LogP contribution is -2.32. The van der Waals surface area contributed by atoms with Crippen molar-refractivity contribution in [2.75, 3.05) is 39.5 Å². The van der Waals surface area contributed by atoms with Crippen LogP contribution in [-0.2, 0) is 23.4 Å². The molecule has 6 N–H and O–H groups in total. The lowest BCUT2D eigenvalue weighted by molar-refractivity contribution is -0.117. The molecule has 0 bridgehead atoms. The number of carboxylic acids is 2. The summed E-state index contributed by atoms with van der Waals surface area (Å²) in [6, 6.07) is 19.0. The van der Waals surface area contributed by atoms with E-state index in [4.69, 9.17) is 38.9 Å². The van der Waals surface area contributed by atoms with Crippen LogP contribution in [0.3, 0.4) is 0 Å². The molecular weight excluding hydrogens is 637 g/mol. The number of nitrogens with one attached hydrogen (secondary N) is 2. The normalized spacial score (nSPS) is 13.3. The molecule has 17 heteroatoms. The van der Waals surface area contributed by atoms with Crippen molar-refractivity contribution in [2.24, 2.45) is 0 Å². The molecule has 2 fully saturated rings. The number of carboxylic acid groups (broad SMARTS) is 2. The second-order valence-corrected chi connectivity index (χ2v) is 10.6. The molecule has 2 heterocycles. The molecular formula is C32H37B3N2O12. The molecule has 14 nitrogen and oxygen atoms in total. The molecule has 0 saturated carbocycles. The van der Waals surface area contributed by atoms with Gasteiger partial charge < -0.3 is 49.5 Å². The van der Waals surface area contributed by atoms with E-state index in [9.17, 15) is 19.2 Å². The second-order valence-electron chi connectivity index (χ2n) is 10.6. The van der Waals surface area contributed by atoms with Crippen LogP contribution in [0.25, 0.3) is 0 Å². The molecule has 0 aliphatic carbocycles. The third-order valence-electron chi connectivity index (χ3n) is 6.89. The van der Waals surface area contributed by atoms with Gasteiger partial charge in [-0.15, -0.1) is 0 Å². The molecule has 0 spiro atoms. The van der Waals surface area contributed by atoms with Gasteiger partial charge in [-0.25, -0.2) is 9.59 Å². The highest BCUT2D eigenvalue weighted by molar-refractivity contribution is 6.62. The van der Waals surface area contributed by atoms with Crippen molar-refractivity contribution in [1.29, 1.82) is 0 Å². The zero-order valence-electron chi connectivity index (χ0n) is 26.9. The van der Waals surface area contributed by atoms with Gasteiger partial charge in [0.15, 0.2) is 0 Å². The van der Waals surface area contributed by atoms with E-state index in [2.05, 4.69) is 17.2 Å². The number of aromatic carboxylic acids is 2. The second kappa shape index (κ2) is 19.9. The number of carbonyl (C=O) groups is 4. The maximum absolute atomic E-state index is 12.0. The third-order valence-corrected chi connectivity index (χ3v) is 6.89. The van der Waals surface area contributed by atoms with Crippen LogP contribution >= 0.6 is 0 Å².